The van der Waals surface area contributed by atoms with Gasteiger partial charge in [0.05, 0.1) is 5.92 Å². The zero-order valence-corrected chi connectivity index (χ0v) is 19.4. The number of amides is 2. The quantitative estimate of drug-likeness (QED) is 0.180. The predicted molar refractivity (Wildman–Crippen MR) is 129 cm³/mol. The third-order valence-corrected chi connectivity index (χ3v) is 5.69. The Kier molecular flexibility index (Phi) is 9.36. The normalized spacial score (nSPS) is 13.8. The molecule has 0 aliphatic carbocycles. The first-order chi connectivity index (χ1) is 15.8. The van der Waals surface area contributed by atoms with Crippen LogP contribution in [0.3, 0.4) is 0 Å². The molecule has 0 spiro atoms. The van der Waals surface area contributed by atoms with Gasteiger partial charge in [0, 0.05) is 6.54 Å². The van der Waals surface area contributed by atoms with Gasteiger partial charge >= 0.3 is 5.97 Å². The molecule has 0 aliphatic rings. The van der Waals surface area contributed by atoms with E-state index in [9.17, 15) is 19.5 Å². The van der Waals surface area contributed by atoms with Gasteiger partial charge in [-0.1, -0.05) is 79.6 Å². The number of nitrogens with two attached hydrogens (primary N) is 1. The van der Waals surface area contributed by atoms with E-state index in [1.165, 1.54) is 0 Å². The van der Waals surface area contributed by atoms with Crippen LogP contribution in [-0.4, -0.2) is 29.4 Å². The fourth-order valence-electron chi connectivity index (χ4n) is 4.14. The molecule has 0 heterocycles. The summed E-state index contributed by atoms with van der Waals surface area (Å²) in [5.41, 5.74) is 3.09. The number of allylic oxidation sites excluding steroid dienone is 1. The van der Waals surface area contributed by atoms with Crippen LogP contribution in [0.15, 0.2) is 54.6 Å². The van der Waals surface area contributed by atoms with Crippen LogP contribution in [0.25, 0.3) is 6.08 Å². The molecule has 176 valence electrons. The average Bonchev–Trinajstić information content (AvgIpc) is 2.80. The van der Waals surface area contributed by atoms with E-state index in [-0.39, 0.29) is 12.8 Å². The van der Waals surface area contributed by atoms with Crippen molar-refractivity contribution in [1.82, 2.24) is 10.7 Å². The third-order valence-electron chi connectivity index (χ3n) is 5.69. The molecule has 0 unspecified atom stereocenters. The summed E-state index contributed by atoms with van der Waals surface area (Å²) in [6.07, 6.45) is 4.56. The van der Waals surface area contributed by atoms with Crippen molar-refractivity contribution in [2.45, 2.75) is 51.4 Å². The number of hydrogen-bond acceptors (Lipinski definition) is 4. The Morgan fingerprint density at radius 3 is 2.36 bits per heavy atom. The van der Waals surface area contributed by atoms with Crippen LogP contribution >= 0.6 is 0 Å². The third kappa shape index (κ3) is 5.87. The number of carboxylic acid groups (broad SMARTS) is 1. The molecule has 0 saturated carbocycles. The van der Waals surface area contributed by atoms with Crippen molar-refractivity contribution in [3.05, 3.63) is 76.9 Å². The standard InChI is InChI=1S/C26H33N3O4/c1-4-16-26(25(33)29-27,24(32)28-5-2)22-15-14-18(3)17-21(22)20(23(30)31)13-9-12-19-10-7-6-8-11-19/h6-12,14-15,17,20H,4-5,13,16,27H2,1-3H3,(H,28,32)(H,29,33)(H,30,31)/b12-9+/t20-,26+/m0/s1. The van der Waals surface area contributed by atoms with Gasteiger partial charge in [0.25, 0.3) is 5.91 Å². The van der Waals surface area contributed by atoms with Crippen molar-refractivity contribution in [1.29, 1.82) is 0 Å². The Bertz CT molecular complexity index is 1000. The summed E-state index contributed by atoms with van der Waals surface area (Å²) in [6, 6.07) is 14.8. The zero-order valence-electron chi connectivity index (χ0n) is 19.4. The molecule has 0 bridgehead atoms. The average molecular weight is 452 g/mol. The molecule has 0 radical (unpaired) electrons. The minimum absolute atomic E-state index is 0.185. The molecule has 7 heteroatoms. The highest BCUT2D eigenvalue weighted by molar-refractivity contribution is 6.11. The molecule has 33 heavy (non-hydrogen) atoms. The van der Waals surface area contributed by atoms with E-state index >= 15 is 0 Å². The predicted octanol–water partition coefficient (Wildman–Crippen LogP) is 3.43. The number of carbonyl (C=O) groups is 3. The summed E-state index contributed by atoms with van der Waals surface area (Å²) in [7, 11) is 0. The van der Waals surface area contributed by atoms with E-state index in [4.69, 9.17) is 5.84 Å². The van der Waals surface area contributed by atoms with Crippen molar-refractivity contribution in [2.75, 3.05) is 6.54 Å². The monoisotopic (exact) mass is 451 g/mol. The summed E-state index contributed by atoms with van der Waals surface area (Å²) in [4.78, 5) is 38.8. The van der Waals surface area contributed by atoms with Gasteiger partial charge < -0.3 is 10.4 Å². The lowest BCUT2D eigenvalue weighted by molar-refractivity contribution is -0.140. The molecular formula is C26H33N3O4. The van der Waals surface area contributed by atoms with Gasteiger partial charge in [0.1, 0.15) is 0 Å². The zero-order chi connectivity index (χ0) is 24.4. The molecule has 2 rings (SSSR count). The molecular weight excluding hydrogens is 418 g/mol. The van der Waals surface area contributed by atoms with Crippen LogP contribution in [-0.2, 0) is 19.8 Å². The Balaban J connectivity index is 2.65. The second kappa shape index (κ2) is 12.0. The number of carboxylic acids is 1. The largest absolute Gasteiger partial charge is 0.481 e. The summed E-state index contributed by atoms with van der Waals surface area (Å²) >= 11 is 0. The van der Waals surface area contributed by atoms with E-state index in [1.807, 2.05) is 50.3 Å². The Hall–Kier alpha value is -3.45. The first kappa shape index (κ1) is 25.8. The Labute approximate surface area is 195 Å². The van der Waals surface area contributed by atoms with Gasteiger partial charge in [-0.2, -0.15) is 0 Å². The van der Waals surface area contributed by atoms with Crippen molar-refractivity contribution >= 4 is 23.9 Å². The summed E-state index contributed by atoms with van der Waals surface area (Å²) in [6.45, 7) is 5.80. The van der Waals surface area contributed by atoms with Gasteiger partial charge in [0.2, 0.25) is 5.91 Å². The number of benzene rings is 2. The van der Waals surface area contributed by atoms with E-state index in [1.54, 1.807) is 31.2 Å². The highest BCUT2D eigenvalue weighted by Crippen LogP contribution is 2.38. The first-order valence-corrected chi connectivity index (χ1v) is 11.2. The molecule has 2 aromatic rings. The number of aryl methyl sites for hydroxylation is 1. The van der Waals surface area contributed by atoms with Crippen LogP contribution in [0.5, 0.6) is 0 Å². The van der Waals surface area contributed by atoms with E-state index in [2.05, 4.69) is 10.7 Å². The molecule has 5 N–H and O–H groups in total. The lowest BCUT2D eigenvalue weighted by atomic mass is 9.70. The molecule has 2 aromatic carbocycles. The minimum Gasteiger partial charge on any atom is -0.481 e. The van der Waals surface area contributed by atoms with Crippen LogP contribution < -0.4 is 16.6 Å². The van der Waals surface area contributed by atoms with Gasteiger partial charge in [-0.3, -0.25) is 19.8 Å². The number of aliphatic carboxylic acids is 1. The maximum Gasteiger partial charge on any atom is 0.311 e. The van der Waals surface area contributed by atoms with Crippen LogP contribution in [0.1, 0.15) is 61.3 Å². The molecule has 0 aliphatic heterocycles. The SMILES string of the molecule is CCC[C@](C(=O)NN)(C(=O)NCC)c1ccc(C)cc1[C@H](C/C=C/c1ccccc1)C(=O)O. The Morgan fingerprint density at radius 1 is 1.09 bits per heavy atom. The lowest BCUT2D eigenvalue weighted by Crippen LogP contribution is -2.56. The highest BCUT2D eigenvalue weighted by Gasteiger charge is 2.48. The molecule has 0 aromatic heterocycles. The number of hydrogen-bond donors (Lipinski definition) is 4. The topological polar surface area (TPSA) is 122 Å². The fourth-order valence-corrected chi connectivity index (χ4v) is 4.14. The first-order valence-electron chi connectivity index (χ1n) is 11.2. The summed E-state index contributed by atoms with van der Waals surface area (Å²) in [5, 5.41) is 12.9. The molecule has 2 atom stereocenters. The molecule has 0 saturated heterocycles. The van der Waals surface area contributed by atoms with Crippen molar-refractivity contribution in [3.8, 4) is 0 Å². The number of likely N-dealkylation sites (N-methyl/N-ethyl adjacent to an activating group) is 1. The second-order valence-electron chi connectivity index (χ2n) is 8.02. The highest BCUT2D eigenvalue weighted by atomic mass is 16.4. The van der Waals surface area contributed by atoms with Crippen molar-refractivity contribution in [2.24, 2.45) is 5.84 Å². The Morgan fingerprint density at radius 2 is 1.79 bits per heavy atom. The maximum absolute atomic E-state index is 13.3. The second-order valence-corrected chi connectivity index (χ2v) is 8.02. The van der Waals surface area contributed by atoms with Crippen molar-refractivity contribution < 1.29 is 19.5 Å². The summed E-state index contributed by atoms with van der Waals surface area (Å²) in [5.74, 6) is 2.37. The maximum atomic E-state index is 13.3. The molecule has 0 fully saturated rings. The van der Waals surface area contributed by atoms with Crippen LogP contribution in [0, 0.1) is 6.92 Å². The molecule has 7 nitrogen and oxygen atoms in total. The number of hydrazine groups is 1. The van der Waals surface area contributed by atoms with Crippen LogP contribution in [0.2, 0.25) is 0 Å². The van der Waals surface area contributed by atoms with Crippen LogP contribution in [0.4, 0.5) is 0 Å². The minimum atomic E-state index is -1.64. The smallest absolute Gasteiger partial charge is 0.311 e. The number of carbonyl (C=O) groups excluding carboxylic acids is 2. The fraction of sp³-hybridized carbons (Fsp3) is 0.346. The number of nitrogens with one attached hydrogen (secondary N) is 2. The van der Waals surface area contributed by atoms with Gasteiger partial charge in [-0.15, -0.1) is 0 Å². The lowest BCUT2D eigenvalue weighted by Gasteiger charge is -2.33. The van der Waals surface area contributed by atoms with E-state index in [0.29, 0.717) is 24.1 Å². The van der Waals surface area contributed by atoms with E-state index < -0.39 is 29.1 Å². The number of rotatable bonds is 11. The van der Waals surface area contributed by atoms with Gasteiger partial charge in [-0.25, -0.2) is 5.84 Å². The van der Waals surface area contributed by atoms with E-state index in [0.717, 1.165) is 11.1 Å². The molecule has 2 amide bonds. The van der Waals surface area contributed by atoms with Gasteiger partial charge in [-0.05, 0) is 43.4 Å². The summed E-state index contributed by atoms with van der Waals surface area (Å²) < 4.78 is 0. The van der Waals surface area contributed by atoms with Crippen molar-refractivity contribution in [3.63, 3.8) is 0 Å². The van der Waals surface area contributed by atoms with Gasteiger partial charge in [0.15, 0.2) is 5.41 Å².